The molecule has 7 heteroatoms. The molecule has 0 aliphatic heterocycles. The molecule has 0 saturated heterocycles. The number of nitrogens with two attached hydrogens (primary N) is 1. The van der Waals surface area contributed by atoms with E-state index >= 15 is 0 Å². The normalized spacial score (nSPS) is 11.6. The molecule has 3 rings (SSSR count). The fourth-order valence-electron chi connectivity index (χ4n) is 2.95. The molecule has 2 heterocycles. The summed E-state index contributed by atoms with van der Waals surface area (Å²) in [5, 5.41) is 0. The van der Waals surface area contributed by atoms with E-state index in [0.717, 1.165) is 23.9 Å². The van der Waals surface area contributed by atoms with Crippen molar-refractivity contribution in [3.63, 3.8) is 0 Å². The third-order valence-electron chi connectivity index (χ3n) is 4.21. The second kappa shape index (κ2) is 8.35. The highest BCUT2D eigenvalue weighted by molar-refractivity contribution is 6.08. The van der Waals surface area contributed by atoms with Gasteiger partial charge < -0.3 is 19.8 Å². The Morgan fingerprint density at radius 1 is 1.19 bits per heavy atom. The average Bonchev–Trinajstić information content (AvgIpc) is 2.92. The van der Waals surface area contributed by atoms with Crippen LogP contribution in [0.4, 0.5) is 5.82 Å². The van der Waals surface area contributed by atoms with Gasteiger partial charge in [0.15, 0.2) is 5.65 Å². The first-order valence-corrected chi connectivity index (χ1v) is 9.36. The van der Waals surface area contributed by atoms with Gasteiger partial charge in [0, 0.05) is 13.2 Å². The second-order valence-electron chi connectivity index (χ2n) is 6.71. The van der Waals surface area contributed by atoms with Crippen molar-refractivity contribution in [1.29, 1.82) is 0 Å². The highest BCUT2D eigenvalue weighted by Gasteiger charge is 2.24. The van der Waals surface area contributed by atoms with Crippen LogP contribution in [0.25, 0.3) is 22.2 Å². The summed E-state index contributed by atoms with van der Waals surface area (Å²) in [4.78, 5) is 22.0. The first kappa shape index (κ1) is 19.1. The lowest BCUT2D eigenvalue weighted by atomic mass is 10.2. The number of aryl methyl sites for hydroxylation is 1. The third kappa shape index (κ3) is 4.03. The first-order valence-electron chi connectivity index (χ1n) is 9.36. The summed E-state index contributed by atoms with van der Waals surface area (Å²) in [6.45, 7) is 7.48. The van der Waals surface area contributed by atoms with Crippen LogP contribution in [0.2, 0.25) is 0 Å². The molecule has 0 bridgehead atoms. The van der Waals surface area contributed by atoms with Crippen LogP contribution in [0.5, 0.6) is 0 Å². The number of para-hydroxylation sites is 2. The standard InChI is InChI=1S/C20H26N4O3/c1-4-11-27-20(25)16-17-19(23-15-9-6-5-8-14(15)22-17)24(18(16)21)10-7-12-26-13(2)3/h5-6,8-9,13H,4,7,10-12,21H2,1-3H3. The van der Waals surface area contributed by atoms with Crippen molar-refractivity contribution in [2.45, 2.75) is 46.3 Å². The summed E-state index contributed by atoms with van der Waals surface area (Å²) in [6, 6.07) is 7.56. The van der Waals surface area contributed by atoms with Gasteiger partial charge in [0.1, 0.15) is 16.9 Å². The maximum absolute atomic E-state index is 12.6. The molecule has 0 aliphatic rings. The Balaban J connectivity index is 2.05. The minimum absolute atomic E-state index is 0.173. The topological polar surface area (TPSA) is 92.3 Å². The van der Waals surface area contributed by atoms with Crippen molar-refractivity contribution in [1.82, 2.24) is 14.5 Å². The molecule has 2 aromatic heterocycles. The van der Waals surface area contributed by atoms with Crippen LogP contribution >= 0.6 is 0 Å². The summed E-state index contributed by atoms with van der Waals surface area (Å²) in [5.41, 5.74) is 9.18. The SMILES string of the molecule is CCCOC(=O)c1c(N)n(CCCOC(C)C)c2nc3ccccc3nc12. The number of carbonyl (C=O) groups is 1. The summed E-state index contributed by atoms with van der Waals surface area (Å²) >= 11 is 0. The van der Waals surface area contributed by atoms with E-state index in [2.05, 4.69) is 4.98 Å². The molecule has 0 unspecified atom stereocenters. The monoisotopic (exact) mass is 370 g/mol. The molecular weight excluding hydrogens is 344 g/mol. The van der Waals surface area contributed by atoms with Crippen LogP contribution in [0.1, 0.15) is 44.0 Å². The van der Waals surface area contributed by atoms with Gasteiger partial charge in [0.25, 0.3) is 0 Å². The van der Waals surface area contributed by atoms with Gasteiger partial charge >= 0.3 is 5.97 Å². The lowest BCUT2D eigenvalue weighted by Gasteiger charge is -2.10. The van der Waals surface area contributed by atoms with E-state index < -0.39 is 5.97 Å². The van der Waals surface area contributed by atoms with Gasteiger partial charge in [-0.3, -0.25) is 0 Å². The molecule has 0 fully saturated rings. The van der Waals surface area contributed by atoms with Crippen molar-refractivity contribution >= 4 is 34.0 Å². The van der Waals surface area contributed by atoms with Crippen LogP contribution < -0.4 is 5.73 Å². The van der Waals surface area contributed by atoms with E-state index in [4.69, 9.17) is 20.2 Å². The van der Waals surface area contributed by atoms with Gasteiger partial charge in [-0.05, 0) is 38.8 Å². The largest absolute Gasteiger partial charge is 0.462 e. The number of nitrogens with zero attached hydrogens (tertiary/aromatic N) is 3. The number of nitrogen functional groups attached to an aromatic ring is 1. The van der Waals surface area contributed by atoms with Crippen molar-refractivity contribution in [2.24, 2.45) is 0 Å². The van der Waals surface area contributed by atoms with Crippen LogP contribution in [0.15, 0.2) is 24.3 Å². The Morgan fingerprint density at radius 3 is 2.56 bits per heavy atom. The quantitative estimate of drug-likeness (QED) is 0.481. The average molecular weight is 370 g/mol. The zero-order valence-electron chi connectivity index (χ0n) is 16.1. The molecule has 0 saturated carbocycles. The molecule has 0 spiro atoms. The van der Waals surface area contributed by atoms with Crippen LogP contribution in [0, 0.1) is 0 Å². The van der Waals surface area contributed by atoms with Gasteiger partial charge in [-0.2, -0.15) is 0 Å². The molecule has 0 radical (unpaired) electrons. The molecule has 3 aromatic rings. The van der Waals surface area contributed by atoms with Crippen LogP contribution in [-0.4, -0.2) is 39.8 Å². The molecule has 144 valence electrons. The van der Waals surface area contributed by atoms with Crippen LogP contribution in [0.3, 0.4) is 0 Å². The Kier molecular flexibility index (Phi) is 5.91. The minimum atomic E-state index is -0.457. The number of rotatable bonds is 8. The van der Waals surface area contributed by atoms with Crippen molar-refractivity contribution in [3.8, 4) is 0 Å². The maximum atomic E-state index is 12.6. The number of fused-ring (bicyclic) bond motifs is 2. The van der Waals surface area contributed by atoms with E-state index in [0.29, 0.717) is 42.3 Å². The van der Waals surface area contributed by atoms with E-state index in [9.17, 15) is 4.79 Å². The van der Waals surface area contributed by atoms with E-state index in [1.807, 2.05) is 49.6 Å². The fourth-order valence-corrected chi connectivity index (χ4v) is 2.95. The Hall–Kier alpha value is -2.67. The Morgan fingerprint density at radius 2 is 1.89 bits per heavy atom. The van der Waals surface area contributed by atoms with E-state index in [1.54, 1.807) is 0 Å². The second-order valence-corrected chi connectivity index (χ2v) is 6.71. The third-order valence-corrected chi connectivity index (χ3v) is 4.21. The number of ether oxygens (including phenoxy) is 2. The maximum Gasteiger partial charge on any atom is 0.344 e. The van der Waals surface area contributed by atoms with Gasteiger partial charge in [-0.15, -0.1) is 0 Å². The molecule has 1 aromatic carbocycles. The number of hydrogen-bond acceptors (Lipinski definition) is 6. The van der Waals surface area contributed by atoms with E-state index in [-0.39, 0.29) is 6.10 Å². The summed E-state index contributed by atoms with van der Waals surface area (Å²) in [7, 11) is 0. The van der Waals surface area contributed by atoms with Gasteiger partial charge in [0.2, 0.25) is 0 Å². The molecule has 0 amide bonds. The summed E-state index contributed by atoms with van der Waals surface area (Å²) in [5.74, 6) is -0.118. The van der Waals surface area contributed by atoms with Crippen molar-refractivity contribution in [2.75, 3.05) is 18.9 Å². The highest BCUT2D eigenvalue weighted by Crippen LogP contribution is 2.28. The molecule has 2 N–H and O–H groups in total. The minimum Gasteiger partial charge on any atom is -0.462 e. The van der Waals surface area contributed by atoms with Crippen LogP contribution in [-0.2, 0) is 16.0 Å². The summed E-state index contributed by atoms with van der Waals surface area (Å²) < 4.78 is 12.8. The number of aromatic nitrogens is 3. The number of hydrogen-bond donors (Lipinski definition) is 1. The number of anilines is 1. The smallest absolute Gasteiger partial charge is 0.344 e. The predicted octanol–water partition coefficient (Wildman–Crippen LogP) is 3.55. The van der Waals surface area contributed by atoms with E-state index in [1.165, 1.54) is 0 Å². The zero-order valence-corrected chi connectivity index (χ0v) is 16.1. The highest BCUT2D eigenvalue weighted by atomic mass is 16.5. The lowest BCUT2D eigenvalue weighted by molar-refractivity contribution is 0.0508. The molecule has 7 nitrogen and oxygen atoms in total. The fraction of sp³-hybridized carbons (Fsp3) is 0.450. The number of benzene rings is 1. The molecule has 0 aliphatic carbocycles. The van der Waals surface area contributed by atoms with Crippen molar-refractivity contribution in [3.05, 3.63) is 29.8 Å². The Labute approximate surface area is 158 Å². The predicted molar refractivity (Wildman–Crippen MR) is 106 cm³/mol. The molecule has 27 heavy (non-hydrogen) atoms. The number of esters is 1. The summed E-state index contributed by atoms with van der Waals surface area (Å²) in [6.07, 6.45) is 1.67. The molecular formula is C20H26N4O3. The zero-order chi connectivity index (χ0) is 19.4. The lowest BCUT2D eigenvalue weighted by Crippen LogP contribution is -2.12. The van der Waals surface area contributed by atoms with Crippen molar-refractivity contribution < 1.29 is 14.3 Å². The first-order chi connectivity index (χ1) is 13.0. The van der Waals surface area contributed by atoms with Gasteiger partial charge in [-0.1, -0.05) is 19.1 Å². The van der Waals surface area contributed by atoms with Gasteiger partial charge in [0.05, 0.1) is 23.7 Å². The number of carbonyl (C=O) groups excluding carboxylic acids is 1. The molecule has 0 atom stereocenters. The Bertz CT molecular complexity index is 949. The van der Waals surface area contributed by atoms with Gasteiger partial charge in [-0.25, -0.2) is 14.8 Å².